The lowest BCUT2D eigenvalue weighted by Crippen LogP contribution is -1.83. The van der Waals surface area contributed by atoms with Gasteiger partial charge in [0.05, 0.1) is 0 Å². The summed E-state index contributed by atoms with van der Waals surface area (Å²) in [6.45, 7) is 0. The summed E-state index contributed by atoms with van der Waals surface area (Å²) >= 11 is 5.88. The van der Waals surface area contributed by atoms with E-state index in [9.17, 15) is 4.79 Å². The monoisotopic (exact) mass is 266 g/mol. The molecule has 1 nitrogen and oxygen atoms in total. The molecule has 2 heteroatoms. The fourth-order valence-electron chi connectivity index (χ4n) is 2.27. The van der Waals surface area contributed by atoms with Crippen molar-refractivity contribution in [3.63, 3.8) is 0 Å². The Hall–Kier alpha value is -2.12. The first-order valence-corrected chi connectivity index (χ1v) is 6.39. The second-order valence-electron chi connectivity index (χ2n) is 4.41. The molecule has 0 spiro atoms. The average molecular weight is 267 g/mol. The van der Waals surface area contributed by atoms with Crippen LogP contribution in [0.1, 0.15) is 16.7 Å². The van der Waals surface area contributed by atoms with Crippen molar-refractivity contribution in [3.8, 4) is 0 Å². The topological polar surface area (TPSA) is 17.1 Å². The van der Waals surface area contributed by atoms with Gasteiger partial charge in [-0.05, 0) is 46.5 Å². The van der Waals surface area contributed by atoms with E-state index >= 15 is 0 Å². The molecule has 0 fully saturated rings. The van der Waals surface area contributed by atoms with Crippen molar-refractivity contribution < 1.29 is 4.79 Å². The lowest BCUT2D eigenvalue weighted by Gasteiger charge is -2.01. The molecule has 1 aliphatic carbocycles. The molecule has 0 aliphatic heterocycles. The number of halogens is 1. The number of fused-ring (bicyclic) bond motifs is 1. The van der Waals surface area contributed by atoms with Gasteiger partial charge in [0.15, 0.2) is 6.29 Å². The number of carbonyl (C=O) groups is 1. The first-order chi connectivity index (χ1) is 9.28. The number of hydrogen-bond acceptors (Lipinski definition) is 1. The molecular weight excluding hydrogens is 256 g/mol. The smallest absolute Gasteiger partial charge is 0.150 e. The van der Waals surface area contributed by atoms with E-state index in [0.29, 0.717) is 0 Å². The van der Waals surface area contributed by atoms with Crippen molar-refractivity contribution in [1.29, 1.82) is 0 Å². The zero-order chi connectivity index (χ0) is 13.2. The van der Waals surface area contributed by atoms with Gasteiger partial charge in [-0.1, -0.05) is 48.0 Å². The third-order valence-electron chi connectivity index (χ3n) is 3.18. The average Bonchev–Trinajstić information content (AvgIpc) is 2.80. The lowest BCUT2D eigenvalue weighted by atomic mass is 10.0. The minimum atomic E-state index is 0.720. The van der Waals surface area contributed by atoms with Crippen LogP contribution in [0, 0.1) is 0 Å². The lowest BCUT2D eigenvalue weighted by molar-refractivity contribution is -0.103. The van der Waals surface area contributed by atoms with Gasteiger partial charge in [-0.25, -0.2) is 0 Å². The largest absolute Gasteiger partial charge is 0.298 e. The van der Waals surface area contributed by atoms with Crippen LogP contribution in [0.3, 0.4) is 0 Å². The Labute approximate surface area is 116 Å². The first kappa shape index (κ1) is 11.9. The van der Waals surface area contributed by atoms with Crippen LogP contribution in [0.2, 0.25) is 5.02 Å². The highest BCUT2D eigenvalue weighted by molar-refractivity contribution is 6.30. The summed E-state index contributed by atoms with van der Waals surface area (Å²) in [7, 11) is 0. The molecule has 0 unspecified atom stereocenters. The molecule has 0 aromatic heterocycles. The summed E-state index contributed by atoms with van der Waals surface area (Å²) < 4.78 is 0. The molecule has 0 atom stereocenters. The molecular formula is C17H11ClO. The highest BCUT2D eigenvalue weighted by atomic mass is 35.5. The van der Waals surface area contributed by atoms with Crippen LogP contribution in [0.5, 0.6) is 0 Å². The number of hydrogen-bond donors (Lipinski definition) is 0. The van der Waals surface area contributed by atoms with E-state index in [1.807, 2.05) is 54.6 Å². The Balaban J connectivity index is 2.09. The summed E-state index contributed by atoms with van der Waals surface area (Å²) in [5, 5.41) is 0.720. The normalized spacial score (nSPS) is 15.2. The number of rotatable bonds is 2. The summed E-state index contributed by atoms with van der Waals surface area (Å²) in [5.74, 6) is 0. The maximum atomic E-state index is 11.1. The molecule has 3 rings (SSSR count). The number of benzene rings is 2. The number of aldehydes is 1. The predicted molar refractivity (Wildman–Crippen MR) is 79.8 cm³/mol. The molecule has 0 heterocycles. The van der Waals surface area contributed by atoms with Crippen molar-refractivity contribution in [2.45, 2.75) is 0 Å². The third-order valence-corrected chi connectivity index (χ3v) is 3.43. The minimum Gasteiger partial charge on any atom is -0.298 e. The van der Waals surface area contributed by atoms with E-state index in [4.69, 9.17) is 11.6 Å². The zero-order valence-corrected chi connectivity index (χ0v) is 10.9. The fraction of sp³-hybridized carbons (Fsp3) is 0. The van der Waals surface area contributed by atoms with Crippen LogP contribution in [0.25, 0.3) is 17.2 Å². The van der Waals surface area contributed by atoms with Crippen LogP contribution < -0.4 is 0 Å². The van der Waals surface area contributed by atoms with Crippen LogP contribution >= 0.6 is 11.6 Å². The summed E-state index contributed by atoms with van der Waals surface area (Å²) in [6.07, 6.45) is 4.89. The van der Waals surface area contributed by atoms with Gasteiger partial charge in [0, 0.05) is 10.6 Å². The summed E-state index contributed by atoms with van der Waals surface area (Å²) in [4.78, 5) is 11.1. The summed E-state index contributed by atoms with van der Waals surface area (Å²) in [5.41, 5.74) is 4.95. The van der Waals surface area contributed by atoms with E-state index in [1.54, 1.807) is 0 Å². The quantitative estimate of drug-likeness (QED) is 0.733. The molecule has 2 aromatic rings. The van der Waals surface area contributed by atoms with Crippen molar-refractivity contribution in [2.75, 3.05) is 0 Å². The van der Waals surface area contributed by atoms with E-state index in [-0.39, 0.29) is 0 Å². The molecule has 0 saturated carbocycles. The maximum Gasteiger partial charge on any atom is 0.150 e. The molecule has 0 saturated heterocycles. The Bertz CT molecular complexity index is 693. The van der Waals surface area contributed by atoms with Gasteiger partial charge in [0.2, 0.25) is 0 Å². The fourth-order valence-corrected chi connectivity index (χ4v) is 2.39. The predicted octanol–water partition coefficient (Wildman–Crippen LogP) is 4.48. The molecule has 0 radical (unpaired) electrons. The minimum absolute atomic E-state index is 0.720. The second-order valence-corrected chi connectivity index (χ2v) is 4.85. The van der Waals surface area contributed by atoms with Gasteiger partial charge >= 0.3 is 0 Å². The molecule has 0 N–H and O–H groups in total. The van der Waals surface area contributed by atoms with E-state index in [2.05, 4.69) is 6.08 Å². The van der Waals surface area contributed by atoms with Crippen molar-refractivity contribution in [3.05, 3.63) is 76.3 Å². The summed E-state index contributed by atoms with van der Waals surface area (Å²) in [6, 6.07) is 15.6. The van der Waals surface area contributed by atoms with Crippen LogP contribution in [-0.2, 0) is 4.79 Å². The third kappa shape index (κ3) is 2.25. The van der Waals surface area contributed by atoms with Crippen molar-refractivity contribution in [2.24, 2.45) is 0 Å². The van der Waals surface area contributed by atoms with Gasteiger partial charge in [0.25, 0.3) is 0 Å². The SMILES string of the molecule is O=CC1=C/C(=C/c2ccc(Cl)cc2)c2ccccc21. The highest BCUT2D eigenvalue weighted by Gasteiger charge is 2.16. The van der Waals surface area contributed by atoms with Crippen LogP contribution in [0.15, 0.2) is 54.6 Å². The molecule has 0 bridgehead atoms. The number of allylic oxidation sites excluding steroid dienone is 3. The molecule has 0 amide bonds. The van der Waals surface area contributed by atoms with E-state index < -0.39 is 0 Å². The second kappa shape index (κ2) is 4.87. The number of carbonyl (C=O) groups excluding carboxylic acids is 1. The Morgan fingerprint density at radius 1 is 0.895 bits per heavy atom. The van der Waals surface area contributed by atoms with Gasteiger partial charge in [0.1, 0.15) is 0 Å². The van der Waals surface area contributed by atoms with Gasteiger partial charge in [-0.15, -0.1) is 0 Å². The van der Waals surface area contributed by atoms with Crippen LogP contribution in [0.4, 0.5) is 0 Å². The standard InChI is InChI=1S/C17H11ClO/c18-15-7-5-12(6-8-15)9-13-10-14(11-19)17-4-2-1-3-16(13)17/h1-11H/b13-9-. The van der Waals surface area contributed by atoms with Crippen molar-refractivity contribution >= 4 is 35.1 Å². The van der Waals surface area contributed by atoms with Crippen molar-refractivity contribution in [1.82, 2.24) is 0 Å². The Morgan fingerprint density at radius 2 is 1.58 bits per heavy atom. The van der Waals surface area contributed by atoms with E-state index in [0.717, 1.165) is 39.1 Å². The molecule has 92 valence electrons. The van der Waals surface area contributed by atoms with Gasteiger partial charge in [-0.3, -0.25) is 4.79 Å². The highest BCUT2D eigenvalue weighted by Crippen LogP contribution is 2.35. The molecule has 2 aromatic carbocycles. The van der Waals surface area contributed by atoms with Gasteiger partial charge < -0.3 is 0 Å². The first-order valence-electron chi connectivity index (χ1n) is 6.02. The maximum absolute atomic E-state index is 11.1. The Morgan fingerprint density at radius 3 is 2.26 bits per heavy atom. The molecule has 19 heavy (non-hydrogen) atoms. The van der Waals surface area contributed by atoms with Crippen LogP contribution in [-0.4, -0.2) is 6.29 Å². The Kier molecular flexibility index (Phi) is 3.06. The zero-order valence-electron chi connectivity index (χ0n) is 10.1. The van der Waals surface area contributed by atoms with Gasteiger partial charge in [-0.2, -0.15) is 0 Å². The van der Waals surface area contributed by atoms with E-state index in [1.165, 1.54) is 0 Å². The molecule has 1 aliphatic rings.